The largest absolute Gasteiger partial charge is 0.497 e. The number of ether oxygens (including phenoxy) is 4. The molecule has 0 amide bonds. The maximum absolute atomic E-state index is 12.7. The van der Waals surface area contributed by atoms with Crippen LogP contribution in [0.3, 0.4) is 0 Å². The third kappa shape index (κ3) is 3.51. The molecule has 0 spiro atoms. The van der Waals surface area contributed by atoms with Crippen molar-refractivity contribution in [1.29, 1.82) is 0 Å². The van der Waals surface area contributed by atoms with Crippen molar-refractivity contribution in [3.63, 3.8) is 0 Å². The highest BCUT2D eigenvalue weighted by atomic mass is 16.5. The highest BCUT2D eigenvalue weighted by Crippen LogP contribution is 2.40. The van der Waals surface area contributed by atoms with E-state index in [4.69, 9.17) is 18.9 Å². The monoisotopic (exact) mass is 368 g/mol. The number of esters is 1. The van der Waals surface area contributed by atoms with Crippen LogP contribution in [0.25, 0.3) is 6.08 Å². The summed E-state index contributed by atoms with van der Waals surface area (Å²) in [5.41, 5.74) is 1.68. The summed E-state index contributed by atoms with van der Waals surface area (Å²) in [5.74, 6) is 1.58. The predicted octanol–water partition coefficient (Wildman–Crippen LogP) is 3.94. The summed E-state index contributed by atoms with van der Waals surface area (Å²) in [6, 6.07) is 8.49. The molecule has 0 saturated heterocycles. The number of Topliss-reactive ketones (excluding diaryl/α,β-unsaturated/α-hetero) is 1. The molecule has 3 rings (SSSR count). The molecule has 0 saturated carbocycles. The Morgan fingerprint density at radius 2 is 1.85 bits per heavy atom. The average molecular weight is 368 g/mol. The molecule has 1 aliphatic heterocycles. The van der Waals surface area contributed by atoms with Crippen LogP contribution in [0.1, 0.15) is 34.8 Å². The van der Waals surface area contributed by atoms with E-state index in [0.717, 1.165) is 0 Å². The van der Waals surface area contributed by atoms with Gasteiger partial charge in [0.2, 0.25) is 5.78 Å². The smallest absolute Gasteiger partial charge is 0.310 e. The van der Waals surface area contributed by atoms with Crippen LogP contribution in [-0.2, 0) is 4.79 Å². The third-order valence-electron chi connectivity index (χ3n) is 4.27. The van der Waals surface area contributed by atoms with Gasteiger partial charge in [0.15, 0.2) is 5.76 Å². The fourth-order valence-electron chi connectivity index (χ4n) is 2.77. The standard InChI is InChI=1S/C21H20O6/c1-5-19(22)26-16-9-7-15-20(23)18(27-21(15)12(16)2)11-13-10-14(24-3)6-8-17(13)25-4/h6-11H,5H2,1-4H3/b18-11-. The van der Waals surface area contributed by atoms with Gasteiger partial charge >= 0.3 is 5.97 Å². The molecule has 27 heavy (non-hydrogen) atoms. The van der Waals surface area contributed by atoms with Gasteiger partial charge in [-0.15, -0.1) is 0 Å². The molecule has 0 atom stereocenters. The molecule has 0 fully saturated rings. The lowest BCUT2D eigenvalue weighted by atomic mass is 10.1. The van der Waals surface area contributed by atoms with E-state index in [9.17, 15) is 9.59 Å². The Morgan fingerprint density at radius 3 is 2.52 bits per heavy atom. The Hall–Kier alpha value is -3.28. The van der Waals surface area contributed by atoms with E-state index in [2.05, 4.69) is 0 Å². The summed E-state index contributed by atoms with van der Waals surface area (Å²) in [6.45, 7) is 3.47. The van der Waals surface area contributed by atoms with Gasteiger partial charge in [-0.3, -0.25) is 9.59 Å². The molecule has 0 aromatic heterocycles. The van der Waals surface area contributed by atoms with Crippen LogP contribution in [0.4, 0.5) is 0 Å². The van der Waals surface area contributed by atoms with Crippen LogP contribution in [0.15, 0.2) is 36.1 Å². The van der Waals surface area contributed by atoms with Gasteiger partial charge in [0, 0.05) is 17.5 Å². The number of hydrogen-bond donors (Lipinski definition) is 0. The lowest BCUT2D eigenvalue weighted by Crippen LogP contribution is -2.06. The van der Waals surface area contributed by atoms with E-state index >= 15 is 0 Å². The minimum atomic E-state index is -0.348. The summed E-state index contributed by atoms with van der Waals surface area (Å²) in [5, 5.41) is 0. The normalized spacial score (nSPS) is 13.9. The molecule has 6 nitrogen and oxygen atoms in total. The number of rotatable bonds is 5. The molecule has 1 aliphatic rings. The number of ketones is 1. The second-order valence-electron chi connectivity index (χ2n) is 5.94. The van der Waals surface area contributed by atoms with Crippen molar-refractivity contribution in [2.75, 3.05) is 14.2 Å². The minimum Gasteiger partial charge on any atom is -0.497 e. The van der Waals surface area contributed by atoms with E-state index in [-0.39, 0.29) is 23.9 Å². The number of fused-ring (bicyclic) bond motifs is 1. The molecule has 0 aliphatic carbocycles. The number of allylic oxidation sites excluding steroid dienone is 1. The Kier molecular flexibility index (Phi) is 5.16. The van der Waals surface area contributed by atoms with E-state index in [1.165, 1.54) is 0 Å². The third-order valence-corrected chi connectivity index (χ3v) is 4.27. The van der Waals surface area contributed by atoms with Gasteiger partial charge in [-0.1, -0.05) is 6.92 Å². The number of hydrogen-bond acceptors (Lipinski definition) is 6. The summed E-state index contributed by atoms with van der Waals surface area (Å²) in [6.07, 6.45) is 1.87. The summed E-state index contributed by atoms with van der Waals surface area (Å²) in [7, 11) is 3.11. The fraction of sp³-hybridized carbons (Fsp3) is 0.238. The lowest BCUT2D eigenvalue weighted by molar-refractivity contribution is -0.134. The highest BCUT2D eigenvalue weighted by Gasteiger charge is 2.30. The van der Waals surface area contributed by atoms with Crippen molar-refractivity contribution in [1.82, 2.24) is 0 Å². The van der Waals surface area contributed by atoms with Gasteiger partial charge < -0.3 is 18.9 Å². The van der Waals surface area contributed by atoms with Crippen LogP contribution in [0.2, 0.25) is 0 Å². The maximum atomic E-state index is 12.7. The van der Waals surface area contributed by atoms with Crippen molar-refractivity contribution >= 4 is 17.8 Å². The van der Waals surface area contributed by atoms with Crippen LogP contribution in [0.5, 0.6) is 23.0 Å². The first-order valence-corrected chi connectivity index (χ1v) is 8.49. The van der Waals surface area contributed by atoms with E-state index in [1.54, 1.807) is 64.5 Å². The molecule has 0 N–H and O–H groups in total. The quantitative estimate of drug-likeness (QED) is 0.452. The molecule has 2 aromatic rings. The topological polar surface area (TPSA) is 71.1 Å². The SMILES string of the molecule is CCC(=O)Oc1ccc2c(c1C)O/C(=C\c1cc(OC)ccc1OC)C2=O. The van der Waals surface area contributed by atoms with Gasteiger partial charge in [0.25, 0.3) is 0 Å². The van der Waals surface area contributed by atoms with Crippen LogP contribution >= 0.6 is 0 Å². The molecule has 1 heterocycles. The van der Waals surface area contributed by atoms with Crippen molar-refractivity contribution in [2.45, 2.75) is 20.3 Å². The van der Waals surface area contributed by atoms with Gasteiger partial charge in [-0.05, 0) is 43.3 Å². The molecule has 0 radical (unpaired) electrons. The lowest BCUT2D eigenvalue weighted by Gasteiger charge is -2.09. The summed E-state index contributed by atoms with van der Waals surface area (Å²) >= 11 is 0. The zero-order chi connectivity index (χ0) is 19.6. The number of carbonyl (C=O) groups excluding carboxylic acids is 2. The Bertz CT molecular complexity index is 942. The van der Waals surface area contributed by atoms with E-state index < -0.39 is 0 Å². The van der Waals surface area contributed by atoms with Gasteiger partial charge in [0.05, 0.1) is 19.8 Å². The first-order chi connectivity index (χ1) is 13.0. The second kappa shape index (κ2) is 7.53. The van der Waals surface area contributed by atoms with Crippen molar-refractivity contribution in [3.8, 4) is 23.0 Å². The Balaban J connectivity index is 1.99. The van der Waals surface area contributed by atoms with Gasteiger partial charge in [-0.25, -0.2) is 0 Å². The molecule has 6 heteroatoms. The first kappa shape index (κ1) is 18.5. The Labute approximate surface area is 157 Å². The molecule has 0 bridgehead atoms. The zero-order valence-electron chi connectivity index (χ0n) is 15.6. The van der Waals surface area contributed by atoms with E-state index in [0.29, 0.717) is 39.7 Å². The number of methoxy groups -OCH3 is 2. The molecule has 0 unspecified atom stereocenters. The van der Waals surface area contributed by atoms with E-state index in [1.807, 2.05) is 0 Å². The van der Waals surface area contributed by atoms with Gasteiger partial charge in [-0.2, -0.15) is 0 Å². The molecular formula is C21H20O6. The Morgan fingerprint density at radius 1 is 1.11 bits per heavy atom. The molecule has 2 aromatic carbocycles. The molecular weight excluding hydrogens is 348 g/mol. The first-order valence-electron chi connectivity index (χ1n) is 8.49. The highest BCUT2D eigenvalue weighted by molar-refractivity contribution is 6.15. The molecule has 140 valence electrons. The summed E-state index contributed by atoms with van der Waals surface area (Å²) < 4.78 is 21.7. The maximum Gasteiger partial charge on any atom is 0.310 e. The number of carbonyl (C=O) groups is 2. The fourth-order valence-corrected chi connectivity index (χ4v) is 2.77. The van der Waals surface area contributed by atoms with Gasteiger partial charge in [0.1, 0.15) is 23.0 Å². The van der Waals surface area contributed by atoms with Crippen molar-refractivity contribution < 1.29 is 28.5 Å². The van der Waals surface area contributed by atoms with Crippen molar-refractivity contribution in [3.05, 3.63) is 52.8 Å². The number of benzene rings is 2. The van der Waals surface area contributed by atoms with Crippen molar-refractivity contribution in [2.24, 2.45) is 0 Å². The zero-order valence-corrected chi connectivity index (χ0v) is 15.6. The minimum absolute atomic E-state index is 0.165. The van der Waals surface area contributed by atoms with Crippen LogP contribution in [-0.4, -0.2) is 26.0 Å². The van der Waals surface area contributed by atoms with Crippen LogP contribution in [0, 0.1) is 6.92 Å². The summed E-state index contributed by atoms with van der Waals surface area (Å²) in [4.78, 5) is 24.3. The van der Waals surface area contributed by atoms with Crippen LogP contribution < -0.4 is 18.9 Å². The second-order valence-corrected chi connectivity index (χ2v) is 5.94. The predicted molar refractivity (Wildman–Crippen MR) is 99.6 cm³/mol. The average Bonchev–Trinajstić information content (AvgIpc) is 3.00.